The SMILES string of the molecule is CCCNCc1ccnn1CCSCC. The number of hydrogen-bond acceptors (Lipinski definition) is 3. The van der Waals surface area contributed by atoms with Gasteiger partial charge in [0.25, 0.3) is 0 Å². The van der Waals surface area contributed by atoms with E-state index >= 15 is 0 Å². The molecule has 0 bridgehead atoms. The average Bonchev–Trinajstić information content (AvgIpc) is 2.67. The van der Waals surface area contributed by atoms with Gasteiger partial charge in [-0.1, -0.05) is 13.8 Å². The van der Waals surface area contributed by atoms with Crippen LogP contribution in [0.1, 0.15) is 26.0 Å². The first-order chi connectivity index (χ1) is 7.38. The van der Waals surface area contributed by atoms with Crippen LogP contribution in [-0.4, -0.2) is 27.8 Å². The highest BCUT2D eigenvalue weighted by Gasteiger charge is 2.00. The van der Waals surface area contributed by atoms with Crippen LogP contribution in [0.15, 0.2) is 12.3 Å². The highest BCUT2D eigenvalue weighted by atomic mass is 32.2. The van der Waals surface area contributed by atoms with E-state index in [1.165, 1.54) is 17.9 Å². The summed E-state index contributed by atoms with van der Waals surface area (Å²) in [6.07, 6.45) is 3.07. The van der Waals surface area contributed by atoms with Crippen molar-refractivity contribution in [1.82, 2.24) is 15.1 Å². The Hall–Kier alpha value is -0.480. The summed E-state index contributed by atoms with van der Waals surface area (Å²) in [7, 11) is 0. The van der Waals surface area contributed by atoms with Crippen LogP contribution in [0.3, 0.4) is 0 Å². The van der Waals surface area contributed by atoms with Crippen molar-refractivity contribution in [3.05, 3.63) is 18.0 Å². The summed E-state index contributed by atoms with van der Waals surface area (Å²) in [5.74, 6) is 2.34. The van der Waals surface area contributed by atoms with Gasteiger partial charge in [0, 0.05) is 18.5 Å². The highest BCUT2D eigenvalue weighted by molar-refractivity contribution is 7.99. The Bertz CT molecular complexity index is 236. The third kappa shape index (κ3) is 4.71. The first-order valence-electron chi connectivity index (χ1n) is 5.67. The molecule has 1 aromatic heterocycles. The van der Waals surface area contributed by atoms with Crippen LogP contribution in [-0.2, 0) is 13.1 Å². The molecule has 15 heavy (non-hydrogen) atoms. The minimum absolute atomic E-state index is 0.935. The lowest BCUT2D eigenvalue weighted by molar-refractivity contribution is 0.583. The molecule has 0 saturated carbocycles. The van der Waals surface area contributed by atoms with Crippen LogP contribution in [0.5, 0.6) is 0 Å². The van der Waals surface area contributed by atoms with Crippen LogP contribution in [0.2, 0.25) is 0 Å². The molecule has 1 rings (SSSR count). The van der Waals surface area contributed by atoms with Crippen molar-refractivity contribution in [3.8, 4) is 0 Å². The third-order valence-electron chi connectivity index (χ3n) is 2.19. The van der Waals surface area contributed by atoms with E-state index in [4.69, 9.17) is 0 Å². The van der Waals surface area contributed by atoms with E-state index in [1.807, 2.05) is 18.0 Å². The Morgan fingerprint density at radius 2 is 2.33 bits per heavy atom. The molecule has 3 nitrogen and oxygen atoms in total. The van der Waals surface area contributed by atoms with Gasteiger partial charge in [-0.15, -0.1) is 0 Å². The predicted molar refractivity (Wildman–Crippen MR) is 67.2 cm³/mol. The zero-order chi connectivity index (χ0) is 10.9. The number of nitrogens with zero attached hydrogens (tertiary/aromatic N) is 2. The lowest BCUT2D eigenvalue weighted by atomic mass is 10.4. The highest BCUT2D eigenvalue weighted by Crippen LogP contribution is 2.03. The summed E-state index contributed by atoms with van der Waals surface area (Å²) < 4.78 is 2.10. The van der Waals surface area contributed by atoms with E-state index in [-0.39, 0.29) is 0 Å². The Morgan fingerprint density at radius 3 is 3.07 bits per heavy atom. The Kier molecular flexibility index (Phi) is 6.52. The van der Waals surface area contributed by atoms with Crippen LogP contribution >= 0.6 is 11.8 Å². The van der Waals surface area contributed by atoms with Gasteiger partial charge in [0.1, 0.15) is 0 Å². The maximum atomic E-state index is 4.33. The van der Waals surface area contributed by atoms with Crippen molar-refractivity contribution in [2.45, 2.75) is 33.4 Å². The van der Waals surface area contributed by atoms with Gasteiger partial charge in [-0.2, -0.15) is 16.9 Å². The van der Waals surface area contributed by atoms with Crippen molar-refractivity contribution < 1.29 is 0 Å². The quantitative estimate of drug-likeness (QED) is 0.690. The number of nitrogens with one attached hydrogen (secondary N) is 1. The van der Waals surface area contributed by atoms with Gasteiger partial charge in [-0.05, 0) is 24.8 Å². The molecule has 0 aliphatic carbocycles. The predicted octanol–water partition coefficient (Wildman–Crippen LogP) is 2.14. The molecular weight excluding hydrogens is 206 g/mol. The number of rotatable bonds is 8. The van der Waals surface area contributed by atoms with Crippen molar-refractivity contribution >= 4 is 11.8 Å². The van der Waals surface area contributed by atoms with E-state index in [1.54, 1.807) is 0 Å². The molecule has 0 amide bonds. The summed E-state index contributed by atoms with van der Waals surface area (Å²) >= 11 is 1.96. The summed E-state index contributed by atoms with van der Waals surface area (Å²) in [5, 5.41) is 7.73. The van der Waals surface area contributed by atoms with E-state index in [9.17, 15) is 0 Å². The summed E-state index contributed by atoms with van der Waals surface area (Å²) in [6.45, 7) is 7.41. The molecule has 1 heterocycles. The molecule has 4 heteroatoms. The van der Waals surface area contributed by atoms with Crippen LogP contribution in [0.4, 0.5) is 0 Å². The maximum absolute atomic E-state index is 4.33. The summed E-state index contributed by atoms with van der Waals surface area (Å²) in [4.78, 5) is 0. The molecule has 0 radical (unpaired) electrons. The lowest BCUT2D eigenvalue weighted by Gasteiger charge is -2.07. The Morgan fingerprint density at radius 1 is 1.47 bits per heavy atom. The molecule has 86 valence electrons. The van der Waals surface area contributed by atoms with Gasteiger partial charge in [0.05, 0.1) is 12.2 Å². The number of hydrogen-bond donors (Lipinski definition) is 1. The molecule has 0 unspecified atom stereocenters. The van der Waals surface area contributed by atoms with Crippen molar-refractivity contribution in [2.75, 3.05) is 18.1 Å². The van der Waals surface area contributed by atoms with Crippen LogP contribution < -0.4 is 5.32 Å². The summed E-state index contributed by atoms with van der Waals surface area (Å²) in [5.41, 5.74) is 1.29. The molecule has 0 atom stereocenters. The Balaban J connectivity index is 2.32. The second-order valence-electron chi connectivity index (χ2n) is 3.42. The normalized spacial score (nSPS) is 10.8. The fourth-order valence-electron chi connectivity index (χ4n) is 1.40. The molecule has 0 aliphatic rings. The molecule has 0 aliphatic heterocycles. The molecule has 0 aromatic carbocycles. The number of aryl methyl sites for hydroxylation is 1. The Labute approximate surface area is 96.6 Å². The van der Waals surface area contributed by atoms with Crippen LogP contribution in [0, 0.1) is 0 Å². The summed E-state index contributed by atoms with van der Waals surface area (Å²) in [6, 6.07) is 2.10. The fourth-order valence-corrected chi connectivity index (χ4v) is 1.99. The van der Waals surface area contributed by atoms with E-state index < -0.39 is 0 Å². The molecule has 0 saturated heterocycles. The van der Waals surface area contributed by atoms with Gasteiger partial charge >= 0.3 is 0 Å². The average molecular weight is 227 g/mol. The van der Waals surface area contributed by atoms with Crippen molar-refractivity contribution in [2.24, 2.45) is 0 Å². The van der Waals surface area contributed by atoms with Gasteiger partial charge < -0.3 is 5.32 Å². The van der Waals surface area contributed by atoms with Gasteiger partial charge in [-0.3, -0.25) is 4.68 Å². The van der Waals surface area contributed by atoms with Gasteiger partial charge in [0.2, 0.25) is 0 Å². The zero-order valence-corrected chi connectivity index (χ0v) is 10.5. The molecule has 1 aromatic rings. The molecular formula is C11H21N3S. The number of aromatic nitrogens is 2. The smallest absolute Gasteiger partial charge is 0.0522 e. The monoisotopic (exact) mass is 227 g/mol. The second kappa shape index (κ2) is 7.77. The van der Waals surface area contributed by atoms with Gasteiger partial charge in [-0.25, -0.2) is 0 Å². The lowest BCUT2D eigenvalue weighted by Crippen LogP contribution is -2.18. The molecule has 0 fully saturated rings. The van der Waals surface area contributed by atoms with E-state index in [0.717, 1.165) is 25.4 Å². The molecule has 0 spiro atoms. The zero-order valence-electron chi connectivity index (χ0n) is 9.70. The molecule has 1 N–H and O–H groups in total. The number of thioether (sulfide) groups is 1. The largest absolute Gasteiger partial charge is 0.311 e. The standard InChI is InChI=1S/C11H21N3S/c1-3-6-12-10-11-5-7-13-14(11)8-9-15-4-2/h5,7,12H,3-4,6,8-10H2,1-2H3. The van der Waals surface area contributed by atoms with Gasteiger partial charge in [0.15, 0.2) is 0 Å². The van der Waals surface area contributed by atoms with Crippen molar-refractivity contribution in [3.63, 3.8) is 0 Å². The van der Waals surface area contributed by atoms with E-state index in [0.29, 0.717) is 0 Å². The topological polar surface area (TPSA) is 29.9 Å². The van der Waals surface area contributed by atoms with Crippen LogP contribution in [0.25, 0.3) is 0 Å². The maximum Gasteiger partial charge on any atom is 0.0522 e. The minimum atomic E-state index is 0.935. The second-order valence-corrected chi connectivity index (χ2v) is 4.81. The van der Waals surface area contributed by atoms with E-state index in [2.05, 4.69) is 35.0 Å². The minimum Gasteiger partial charge on any atom is -0.311 e. The first-order valence-corrected chi connectivity index (χ1v) is 6.83. The van der Waals surface area contributed by atoms with Crippen molar-refractivity contribution in [1.29, 1.82) is 0 Å². The fraction of sp³-hybridized carbons (Fsp3) is 0.727. The third-order valence-corrected chi connectivity index (χ3v) is 3.07. The first kappa shape index (κ1) is 12.6.